The van der Waals surface area contributed by atoms with Crippen molar-refractivity contribution in [3.8, 4) is 0 Å². The maximum atomic E-state index is 11.3. The zero-order valence-corrected chi connectivity index (χ0v) is 10.3. The first kappa shape index (κ1) is 14.5. The molecule has 0 atom stereocenters. The Bertz CT molecular complexity index is 232. The molecule has 0 fully saturated rings. The van der Waals surface area contributed by atoms with Crippen molar-refractivity contribution in [3.05, 3.63) is 0 Å². The number of carbonyl (C=O) groups excluding carboxylic acids is 2. The Morgan fingerprint density at radius 2 is 1.75 bits per heavy atom. The van der Waals surface area contributed by atoms with Crippen molar-refractivity contribution in [2.75, 3.05) is 27.7 Å². The highest BCUT2D eigenvalue weighted by Crippen LogP contribution is 1.83. The highest BCUT2D eigenvalue weighted by Gasteiger charge is 2.10. The van der Waals surface area contributed by atoms with Crippen LogP contribution in [0.5, 0.6) is 0 Å². The van der Waals surface area contributed by atoms with Gasteiger partial charge in [-0.1, -0.05) is 13.3 Å². The molecule has 0 saturated heterocycles. The molecule has 0 aromatic rings. The summed E-state index contributed by atoms with van der Waals surface area (Å²) in [6.45, 7) is 2.64. The minimum Gasteiger partial charge on any atom is -0.337 e. The number of rotatable bonds is 4. The smallest absolute Gasteiger partial charge is 0.337 e. The van der Waals surface area contributed by atoms with E-state index in [9.17, 15) is 9.59 Å². The van der Waals surface area contributed by atoms with Gasteiger partial charge in [0, 0.05) is 27.7 Å². The average Bonchev–Trinajstić information content (AvgIpc) is 2.16. The van der Waals surface area contributed by atoms with Crippen LogP contribution < -0.4 is 16.2 Å². The van der Waals surface area contributed by atoms with Gasteiger partial charge in [-0.25, -0.2) is 25.0 Å². The third kappa shape index (κ3) is 6.88. The van der Waals surface area contributed by atoms with Crippen LogP contribution in [0.1, 0.15) is 19.8 Å². The van der Waals surface area contributed by atoms with Crippen LogP contribution in [0.15, 0.2) is 0 Å². The highest BCUT2D eigenvalue weighted by molar-refractivity contribution is 5.79. The average molecular weight is 231 g/mol. The van der Waals surface area contributed by atoms with Crippen LogP contribution in [0.2, 0.25) is 0 Å². The van der Waals surface area contributed by atoms with Crippen molar-refractivity contribution in [2.24, 2.45) is 0 Å². The summed E-state index contributed by atoms with van der Waals surface area (Å²) in [5.74, 6) is 0. The molecular formula is C9H21N5O2. The Morgan fingerprint density at radius 1 is 1.12 bits per heavy atom. The van der Waals surface area contributed by atoms with E-state index < -0.39 is 6.03 Å². The molecule has 0 heterocycles. The van der Waals surface area contributed by atoms with Crippen LogP contribution in [0, 0.1) is 0 Å². The van der Waals surface area contributed by atoms with Gasteiger partial charge in [-0.05, 0) is 6.42 Å². The number of nitrogens with one attached hydrogen (secondary N) is 3. The van der Waals surface area contributed by atoms with Crippen LogP contribution in [0.4, 0.5) is 9.59 Å². The largest absolute Gasteiger partial charge is 0.350 e. The van der Waals surface area contributed by atoms with Crippen LogP contribution >= 0.6 is 0 Å². The third-order valence-electron chi connectivity index (χ3n) is 1.71. The van der Waals surface area contributed by atoms with Crippen molar-refractivity contribution in [1.29, 1.82) is 0 Å². The molecule has 0 spiro atoms. The number of amides is 4. The Kier molecular flexibility index (Phi) is 7.02. The lowest BCUT2D eigenvalue weighted by Crippen LogP contribution is -2.53. The summed E-state index contributed by atoms with van der Waals surface area (Å²) in [6, 6.07) is -0.791. The standard InChI is InChI=1S/C9H21N5O2/c1-5-6-7-10-8(15)11-14(4)9(16)12-13(2)3/h5-7H2,1-4H3,(H,12,16)(H2,10,11,15). The van der Waals surface area contributed by atoms with Crippen molar-refractivity contribution in [2.45, 2.75) is 19.8 Å². The van der Waals surface area contributed by atoms with E-state index in [2.05, 4.69) is 16.2 Å². The van der Waals surface area contributed by atoms with Gasteiger partial charge in [0.1, 0.15) is 0 Å². The summed E-state index contributed by atoms with van der Waals surface area (Å²) in [4.78, 5) is 22.6. The molecule has 0 radical (unpaired) electrons. The maximum absolute atomic E-state index is 11.3. The lowest BCUT2D eigenvalue weighted by atomic mass is 10.3. The second kappa shape index (κ2) is 7.75. The number of carbonyl (C=O) groups is 2. The van der Waals surface area contributed by atoms with Crippen LogP contribution in [0.3, 0.4) is 0 Å². The Balaban J connectivity index is 3.80. The fourth-order valence-corrected chi connectivity index (χ4v) is 0.888. The van der Waals surface area contributed by atoms with Crippen LogP contribution in [0.25, 0.3) is 0 Å². The summed E-state index contributed by atoms with van der Waals surface area (Å²) in [7, 11) is 4.85. The molecule has 0 aliphatic heterocycles. The normalized spacial score (nSPS) is 9.81. The molecule has 3 N–H and O–H groups in total. The van der Waals surface area contributed by atoms with Crippen molar-refractivity contribution in [3.63, 3.8) is 0 Å². The van der Waals surface area contributed by atoms with E-state index in [4.69, 9.17) is 0 Å². The van der Waals surface area contributed by atoms with Gasteiger partial charge in [0.15, 0.2) is 0 Å². The summed E-state index contributed by atoms with van der Waals surface area (Å²) >= 11 is 0. The summed E-state index contributed by atoms with van der Waals surface area (Å²) in [5, 5.41) is 5.22. The Hall–Kier alpha value is -1.50. The molecule has 0 aliphatic carbocycles. The van der Waals surface area contributed by atoms with Gasteiger partial charge in [0.25, 0.3) is 0 Å². The lowest BCUT2D eigenvalue weighted by molar-refractivity contribution is 0.160. The minimum absolute atomic E-state index is 0.384. The molecule has 16 heavy (non-hydrogen) atoms. The first-order valence-corrected chi connectivity index (χ1v) is 5.23. The van der Waals surface area contributed by atoms with Crippen LogP contribution in [-0.2, 0) is 0 Å². The molecule has 0 bridgehead atoms. The van der Waals surface area contributed by atoms with Crippen molar-refractivity contribution in [1.82, 2.24) is 26.2 Å². The van der Waals surface area contributed by atoms with Gasteiger partial charge in [-0.2, -0.15) is 0 Å². The van der Waals surface area contributed by atoms with E-state index >= 15 is 0 Å². The molecule has 94 valence electrons. The monoisotopic (exact) mass is 231 g/mol. The number of hydrogen-bond acceptors (Lipinski definition) is 3. The van der Waals surface area contributed by atoms with E-state index in [1.807, 2.05) is 6.92 Å². The van der Waals surface area contributed by atoms with E-state index in [0.29, 0.717) is 6.54 Å². The van der Waals surface area contributed by atoms with Gasteiger partial charge >= 0.3 is 12.1 Å². The van der Waals surface area contributed by atoms with E-state index in [0.717, 1.165) is 17.9 Å². The molecule has 7 nitrogen and oxygen atoms in total. The zero-order valence-electron chi connectivity index (χ0n) is 10.3. The van der Waals surface area contributed by atoms with Crippen LogP contribution in [-0.4, -0.2) is 49.8 Å². The fourth-order valence-electron chi connectivity index (χ4n) is 0.888. The summed E-state index contributed by atoms with van der Waals surface area (Å²) in [6.07, 6.45) is 1.93. The van der Waals surface area contributed by atoms with E-state index in [-0.39, 0.29) is 6.03 Å². The molecular weight excluding hydrogens is 210 g/mol. The lowest BCUT2D eigenvalue weighted by Gasteiger charge is -2.21. The molecule has 4 amide bonds. The number of hydrazine groups is 2. The second-order valence-corrected chi connectivity index (χ2v) is 3.59. The quantitative estimate of drug-likeness (QED) is 0.475. The predicted octanol–water partition coefficient (Wildman–Crippen LogP) is 0.119. The third-order valence-corrected chi connectivity index (χ3v) is 1.71. The van der Waals surface area contributed by atoms with Gasteiger partial charge in [0.05, 0.1) is 0 Å². The predicted molar refractivity (Wildman–Crippen MR) is 61.4 cm³/mol. The van der Waals surface area contributed by atoms with Gasteiger partial charge < -0.3 is 5.32 Å². The summed E-state index contributed by atoms with van der Waals surface area (Å²) < 4.78 is 0. The number of unbranched alkanes of at least 4 members (excludes halogenated alkanes) is 1. The topological polar surface area (TPSA) is 76.7 Å². The van der Waals surface area contributed by atoms with Crippen molar-refractivity contribution < 1.29 is 9.59 Å². The molecule has 0 aromatic heterocycles. The molecule has 0 unspecified atom stereocenters. The van der Waals surface area contributed by atoms with Gasteiger partial charge in [-0.3, -0.25) is 5.43 Å². The molecule has 0 aliphatic rings. The van der Waals surface area contributed by atoms with Crippen molar-refractivity contribution >= 4 is 12.1 Å². The van der Waals surface area contributed by atoms with Gasteiger partial charge in [-0.15, -0.1) is 0 Å². The van der Waals surface area contributed by atoms with Gasteiger partial charge in [0.2, 0.25) is 0 Å². The van der Waals surface area contributed by atoms with E-state index in [1.165, 1.54) is 12.1 Å². The SMILES string of the molecule is CCCCNC(=O)NN(C)C(=O)NN(C)C. The fraction of sp³-hybridized carbons (Fsp3) is 0.778. The highest BCUT2D eigenvalue weighted by atomic mass is 16.2. The number of hydrogen-bond donors (Lipinski definition) is 3. The summed E-state index contributed by atoms with van der Waals surface area (Å²) in [5.41, 5.74) is 4.88. The minimum atomic E-state index is -0.407. The van der Waals surface area contributed by atoms with E-state index in [1.54, 1.807) is 14.1 Å². The molecule has 0 aromatic carbocycles. The molecule has 0 rings (SSSR count). The number of nitrogens with zero attached hydrogens (tertiary/aromatic N) is 2. The zero-order chi connectivity index (χ0) is 12.6. The number of urea groups is 2. The molecule has 7 heteroatoms. The Labute approximate surface area is 96.1 Å². The molecule has 0 saturated carbocycles. The Morgan fingerprint density at radius 3 is 2.25 bits per heavy atom. The first-order valence-electron chi connectivity index (χ1n) is 5.23. The first-order chi connectivity index (χ1) is 7.47. The second-order valence-electron chi connectivity index (χ2n) is 3.59. The maximum Gasteiger partial charge on any atom is 0.350 e.